The molecule has 2 unspecified atom stereocenters. The molecule has 1 heterocycles. The van der Waals surface area contributed by atoms with E-state index in [9.17, 15) is 18.5 Å². The third-order valence-electron chi connectivity index (χ3n) is 4.88. The molecule has 130 valence electrons. The third-order valence-corrected chi connectivity index (χ3v) is 6.94. The molecule has 1 aromatic carbocycles. The SMILES string of the molecule is [B]N1CCC(c2ccc(S(=O)(=O)C3C=CC([N+](=O)[O-])=CC3)cc2C)C1. The summed E-state index contributed by atoms with van der Waals surface area (Å²) in [5.41, 5.74) is 2.00. The first-order chi connectivity index (χ1) is 11.8. The Morgan fingerprint density at radius 2 is 2.12 bits per heavy atom. The van der Waals surface area contributed by atoms with Crippen LogP contribution in [0, 0.1) is 17.0 Å². The Morgan fingerprint density at radius 1 is 1.36 bits per heavy atom. The van der Waals surface area contributed by atoms with Gasteiger partial charge in [-0.2, -0.15) is 0 Å². The van der Waals surface area contributed by atoms with Crippen LogP contribution in [-0.4, -0.2) is 44.5 Å². The van der Waals surface area contributed by atoms with Crippen molar-refractivity contribution in [1.29, 1.82) is 0 Å². The van der Waals surface area contributed by atoms with Crippen molar-refractivity contribution in [1.82, 2.24) is 4.81 Å². The number of hydrogen-bond acceptors (Lipinski definition) is 5. The lowest BCUT2D eigenvalue weighted by Crippen LogP contribution is -2.21. The number of rotatable bonds is 4. The highest BCUT2D eigenvalue weighted by atomic mass is 32.2. The van der Waals surface area contributed by atoms with Gasteiger partial charge in [-0.05, 0) is 68.1 Å². The summed E-state index contributed by atoms with van der Waals surface area (Å²) in [6.45, 7) is 3.52. The maximum atomic E-state index is 12.8. The van der Waals surface area contributed by atoms with Gasteiger partial charge in [-0.25, -0.2) is 8.42 Å². The van der Waals surface area contributed by atoms with Crippen molar-refractivity contribution in [3.05, 3.63) is 63.4 Å². The summed E-state index contributed by atoms with van der Waals surface area (Å²) < 4.78 is 25.6. The molecule has 3 rings (SSSR count). The van der Waals surface area contributed by atoms with E-state index in [0.717, 1.165) is 30.6 Å². The van der Waals surface area contributed by atoms with Crippen LogP contribution >= 0.6 is 0 Å². The minimum Gasteiger partial charge on any atom is -0.353 e. The first-order valence-corrected chi connectivity index (χ1v) is 9.70. The van der Waals surface area contributed by atoms with Gasteiger partial charge >= 0.3 is 0 Å². The van der Waals surface area contributed by atoms with Gasteiger partial charge in [0.2, 0.25) is 0 Å². The normalized spacial score (nSPS) is 24.3. The highest BCUT2D eigenvalue weighted by Crippen LogP contribution is 2.31. The zero-order valence-electron chi connectivity index (χ0n) is 14.0. The van der Waals surface area contributed by atoms with Gasteiger partial charge < -0.3 is 4.81 Å². The van der Waals surface area contributed by atoms with Gasteiger partial charge in [-0.1, -0.05) is 12.1 Å². The van der Waals surface area contributed by atoms with Crippen LogP contribution in [0.15, 0.2) is 47.0 Å². The van der Waals surface area contributed by atoms with Gasteiger partial charge in [0.1, 0.15) is 0 Å². The summed E-state index contributed by atoms with van der Waals surface area (Å²) >= 11 is 0. The fourth-order valence-electron chi connectivity index (χ4n) is 3.45. The molecular formula is C17H19BN2O4S. The molecule has 1 aromatic rings. The van der Waals surface area contributed by atoms with Crippen molar-refractivity contribution < 1.29 is 13.3 Å². The van der Waals surface area contributed by atoms with E-state index < -0.39 is 20.0 Å². The number of sulfone groups is 1. The van der Waals surface area contributed by atoms with E-state index in [1.807, 2.05) is 13.0 Å². The van der Waals surface area contributed by atoms with E-state index in [-0.39, 0.29) is 17.0 Å². The Labute approximate surface area is 148 Å². The van der Waals surface area contributed by atoms with E-state index >= 15 is 0 Å². The molecule has 1 fully saturated rings. The second-order valence-electron chi connectivity index (χ2n) is 6.56. The molecule has 2 atom stereocenters. The fourth-order valence-corrected chi connectivity index (χ4v) is 5.04. The molecule has 1 aliphatic heterocycles. The van der Waals surface area contributed by atoms with Gasteiger partial charge in [-0.3, -0.25) is 10.1 Å². The van der Waals surface area contributed by atoms with Crippen molar-refractivity contribution >= 4 is 17.8 Å². The first-order valence-electron chi connectivity index (χ1n) is 8.16. The number of hydrogen-bond donors (Lipinski definition) is 0. The van der Waals surface area contributed by atoms with E-state index in [4.69, 9.17) is 7.98 Å². The summed E-state index contributed by atoms with van der Waals surface area (Å²) in [5, 5.41) is 9.97. The van der Waals surface area contributed by atoms with Gasteiger partial charge in [0, 0.05) is 6.08 Å². The lowest BCUT2D eigenvalue weighted by molar-refractivity contribution is -0.419. The maximum absolute atomic E-state index is 12.8. The second-order valence-corrected chi connectivity index (χ2v) is 8.73. The van der Waals surface area contributed by atoms with Crippen LogP contribution in [0.2, 0.25) is 0 Å². The second kappa shape index (κ2) is 6.76. The Kier molecular flexibility index (Phi) is 4.84. The van der Waals surface area contributed by atoms with Gasteiger partial charge in [-0.15, -0.1) is 0 Å². The van der Waals surface area contributed by atoms with Crippen molar-refractivity contribution in [3.8, 4) is 0 Å². The van der Waals surface area contributed by atoms with Gasteiger partial charge in [0.15, 0.2) is 17.8 Å². The molecule has 2 radical (unpaired) electrons. The number of aryl methyl sites for hydroxylation is 1. The topological polar surface area (TPSA) is 80.5 Å². The molecule has 25 heavy (non-hydrogen) atoms. The summed E-state index contributed by atoms with van der Waals surface area (Å²) in [5.74, 6) is 0.321. The summed E-state index contributed by atoms with van der Waals surface area (Å²) in [6.07, 6.45) is 5.10. The average molecular weight is 358 g/mol. The first kappa shape index (κ1) is 17.9. The quantitative estimate of drug-likeness (QED) is 0.468. The maximum Gasteiger partial charge on any atom is 0.265 e. The van der Waals surface area contributed by atoms with Crippen LogP contribution < -0.4 is 0 Å². The lowest BCUT2D eigenvalue weighted by Gasteiger charge is -2.18. The molecule has 0 saturated carbocycles. The summed E-state index contributed by atoms with van der Waals surface area (Å²) in [4.78, 5) is 12.3. The smallest absolute Gasteiger partial charge is 0.265 e. The standard InChI is InChI=1S/C17H19BN2O4S/c1-12-10-16(6-7-17(12)13-8-9-19(18)11-13)25(23,24)15-4-2-14(3-5-15)20(21)22/h2-4,6-7,10,13,15H,5,8-9,11H2,1H3. The molecule has 2 aliphatic rings. The molecular weight excluding hydrogens is 339 g/mol. The molecule has 8 heteroatoms. The largest absolute Gasteiger partial charge is 0.353 e. The van der Waals surface area contributed by atoms with Crippen LogP contribution in [0.1, 0.15) is 29.9 Å². The Balaban J connectivity index is 1.83. The molecule has 1 saturated heterocycles. The summed E-state index contributed by atoms with van der Waals surface area (Å²) in [6, 6.07) is 5.21. The molecule has 1 aliphatic carbocycles. The predicted octanol–water partition coefficient (Wildman–Crippen LogP) is 2.13. The van der Waals surface area contributed by atoms with Gasteiger partial charge in [0.05, 0.1) is 15.1 Å². The van der Waals surface area contributed by atoms with Crippen LogP contribution in [-0.2, 0) is 9.84 Å². The molecule has 0 spiro atoms. The van der Waals surface area contributed by atoms with Crippen molar-refractivity contribution in [2.75, 3.05) is 13.1 Å². The highest BCUT2D eigenvalue weighted by Gasteiger charge is 2.29. The average Bonchev–Trinajstić information content (AvgIpc) is 3.01. The Bertz CT molecular complexity index is 863. The molecule has 0 amide bonds. The minimum absolute atomic E-state index is 0.0643. The van der Waals surface area contributed by atoms with E-state index in [2.05, 4.69) is 0 Å². The van der Waals surface area contributed by atoms with Crippen LogP contribution in [0.3, 0.4) is 0 Å². The molecule has 0 N–H and O–H groups in total. The highest BCUT2D eigenvalue weighted by molar-refractivity contribution is 7.92. The van der Waals surface area contributed by atoms with Crippen molar-refractivity contribution in [2.45, 2.75) is 35.8 Å². The minimum atomic E-state index is -3.57. The summed E-state index contributed by atoms with van der Waals surface area (Å²) in [7, 11) is 2.24. The zero-order chi connectivity index (χ0) is 18.2. The van der Waals surface area contributed by atoms with Crippen LogP contribution in [0.4, 0.5) is 0 Å². The van der Waals surface area contributed by atoms with Crippen LogP contribution in [0.5, 0.6) is 0 Å². The molecule has 0 aromatic heterocycles. The van der Waals surface area contributed by atoms with E-state index in [1.165, 1.54) is 18.2 Å². The Morgan fingerprint density at radius 3 is 2.64 bits per heavy atom. The number of allylic oxidation sites excluding steroid dienone is 2. The number of nitrogens with zero attached hydrogens (tertiary/aromatic N) is 2. The lowest BCUT2D eigenvalue weighted by atomic mass is 9.94. The molecule has 0 bridgehead atoms. The van der Waals surface area contributed by atoms with E-state index in [0.29, 0.717) is 5.92 Å². The monoisotopic (exact) mass is 358 g/mol. The van der Waals surface area contributed by atoms with Crippen molar-refractivity contribution in [2.24, 2.45) is 0 Å². The number of benzene rings is 1. The van der Waals surface area contributed by atoms with E-state index in [1.54, 1.807) is 16.9 Å². The number of nitro groups is 1. The zero-order valence-corrected chi connectivity index (χ0v) is 14.8. The molecule has 6 nitrogen and oxygen atoms in total. The third kappa shape index (κ3) is 3.55. The van der Waals surface area contributed by atoms with Crippen LogP contribution in [0.25, 0.3) is 0 Å². The Hall–Kier alpha value is -1.93. The predicted molar refractivity (Wildman–Crippen MR) is 95.7 cm³/mol. The van der Waals surface area contributed by atoms with Gasteiger partial charge in [0.25, 0.3) is 5.70 Å². The van der Waals surface area contributed by atoms with Crippen molar-refractivity contribution in [3.63, 3.8) is 0 Å². The fraction of sp³-hybridized carbons (Fsp3) is 0.412.